The van der Waals surface area contributed by atoms with Crippen LogP contribution in [0.3, 0.4) is 0 Å². The van der Waals surface area contributed by atoms with Gasteiger partial charge in [0, 0.05) is 29.4 Å². The molecule has 0 spiro atoms. The van der Waals surface area contributed by atoms with E-state index >= 15 is 0 Å². The zero-order valence-corrected chi connectivity index (χ0v) is 20.0. The van der Waals surface area contributed by atoms with Crippen LogP contribution >= 0.6 is 23.1 Å². The second-order valence-electron chi connectivity index (χ2n) is 8.11. The molecule has 0 aliphatic rings. The Balaban J connectivity index is 0.000000220. The third-order valence-corrected chi connectivity index (χ3v) is 5.76. The molecule has 0 aliphatic heterocycles. The highest BCUT2D eigenvalue weighted by Crippen LogP contribution is 2.28. The van der Waals surface area contributed by atoms with Gasteiger partial charge < -0.3 is 16.4 Å². The number of thiocyanates is 1. The molecule has 0 bridgehead atoms. The topological polar surface area (TPSA) is 92.0 Å². The van der Waals surface area contributed by atoms with Crippen LogP contribution in [0.1, 0.15) is 33.3 Å². The van der Waals surface area contributed by atoms with Crippen LogP contribution < -0.4 is 16.4 Å². The molecule has 0 fully saturated rings. The summed E-state index contributed by atoms with van der Waals surface area (Å²) in [7, 11) is 0. The summed E-state index contributed by atoms with van der Waals surface area (Å²) in [4.78, 5) is 7.51. The van der Waals surface area contributed by atoms with Gasteiger partial charge in [0.15, 0.2) is 5.13 Å². The molecule has 0 saturated carbocycles. The molecule has 7 heteroatoms. The number of nitrogen functional groups attached to an aromatic ring is 2. The molecule has 30 heavy (non-hydrogen) atoms. The van der Waals surface area contributed by atoms with E-state index in [1.807, 2.05) is 29.7 Å². The Bertz CT molecular complexity index is 994. The summed E-state index contributed by atoms with van der Waals surface area (Å²) in [6, 6.07) is 12.0. The third-order valence-electron chi connectivity index (χ3n) is 4.33. The van der Waals surface area contributed by atoms with E-state index in [4.69, 9.17) is 16.7 Å². The summed E-state index contributed by atoms with van der Waals surface area (Å²) >= 11 is 2.58. The number of hydrogen-bond donors (Lipinski definition) is 2. The Morgan fingerprint density at radius 1 is 1.07 bits per heavy atom. The van der Waals surface area contributed by atoms with Crippen LogP contribution in [0.15, 0.2) is 41.3 Å². The van der Waals surface area contributed by atoms with Gasteiger partial charge in [-0.25, -0.2) is 4.98 Å². The fourth-order valence-electron chi connectivity index (χ4n) is 3.06. The SMILES string of the molecule is Cc1cc(N(CC(C)C)CC(C)C)ccc1N.N#CSc1ccc2nc(N)sc2c1. The second kappa shape index (κ2) is 11.1. The number of aromatic nitrogens is 1. The Hall–Kier alpha value is -2.43. The summed E-state index contributed by atoms with van der Waals surface area (Å²) in [6.07, 6.45) is 0. The van der Waals surface area contributed by atoms with Gasteiger partial charge in [-0.3, -0.25) is 0 Å². The fourth-order valence-corrected chi connectivity index (χ4v) is 4.33. The molecule has 3 aromatic rings. The predicted octanol–water partition coefficient (Wildman–Crippen LogP) is 6.15. The average molecular weight is 442 g/mol. The molecule has 5 nitrogen and oxygen atoms in total. The monoisotopic (exact) mass is 441 g/mol. The number of benzene rings is 2. The molecular formula is C23H31N5S2. The smallest absolute Gasteiger partial charge is 0.181 e. The molecule has 0 amide bonds. The summed E-state index contributed by atoms with van der Waals surface area (Å²) < 4.78 is 1.03. The maximum atomic E-state index is 8.47. The maximum absolute atomic E-state index is 8.47. The predicted molar refractivity (Wildman–Crippen MR) is 133 cm³/mol. The second-order valence-corrected chi connectivity index (χ2v) is 10.0. The Morgan fingerprint density at radius 3 is 2.30 bits per heavy atom. The molecule has 1 heterocycles. The maximum Gasteiger partial charge on any atom is 0.181 e. The fraction of sp³-hybridized carbons (Fsp3) is 0.391. The number of fused-ring (bicyclic) bond motifs is 1. The van der Waals surface area contributed by atoms with Gasteiger partial charge in [0.05, 0.1) is 10.2 Å². The van der Waals surface area contributed by atoms with Crippen LogP contribution in [-0.2, 0) is 0 Å². The quantitative estimate of drug-likeness (QED) is 0.271. The molecule has 0 aliphatic carbocycles. The molecule has 0 atom stereocenters. The van der Waals surface area contributed by atoms with Crippen molar-refractivity contribution in [2.45, 2.75) is 39.5 Å². The van der Waals surface area contributed by atoms with Gasteiger partial charge in [-0.05, 0) is 72.5 Å². The lowest BCUT2D eigenvalue weighted by Crippen LogP contribution is -2.31. The lowest BCUT2D eigenvalue weighted by atomic mass is 10.1. The number of anilines is 3. The van der Waals surface area contributed by atoms with E-state index in [2.05, 4.69) is 56.6 Å². The number of nitrogens with two attached hydrogens (primary N) is 2. The van der Waals surface area contributed by atoms with Gasteiger partial charge in [0.2, 0.25) is 0 Å². The zero-order valence-electron chi connectivity index (χ0n) is 18.3. The minimum absolute atomic E-state index is 0.564. The van der Waals surface area contributed by atoms with Crippen molar-refractivity contribution in [3.8, 4) is 5.40 Å². The number of nitrogens with zero attached hydrogens (tertiary/aromatic N) is 3. The Morgan fingerprint density at radius 2 is 1.73 bits per heavy atom. The summed E-state index contributed by atoms with van der Waals surface area (Å²) in [5.41, 5.74) is 15.7. The highest BCUT2D eigenvalue weighted by molar-refractivity contribution is 8.03. The first kappa shape index (κ1) is 23.8. The first-order valence-electron chi connectivity index (χ1n) is 10.0. The zero-order chi connectivity index (χ0) is 22.3. The molecule has 2 aromatic carbocycles. The van der Waals surface area contributed by atoms with Gasteiger partial charge in [-0.1, -0.05) is 39.0 Å². The third kappa shape index (κ3) is 7.12. The summed E-state index contributed by atoms with van der Waals surface area (Å²) in [6.45, 7) is 13.3. The average Bonchev–Trinajstić information content (AvgIpc) is 3.03. The number of thioether (sulfide) groups is 1. The standard InChI is InChI=1S/C15H26N2.C8H5N3S2/c1-11(2)9-17(10-12(3)4)14-6-7-15(16)13(5)8-14;9-4-12-5-1-2-6-7(3-5)13-8(10)11-6/h6-8,11-12H,9-10,16H2,1-5H3;1-3H,(H2,10,11). The normalized spacial score (nSPS) is 10.7. The van der Waals surface area contributed by atoms with E-state index in [0.29, 0.717) is 17.0 Å². The van der Waals surface area contributed by atoms with Crippen molar-refractivity contribution < 1.29 is 0 Å². The largest absolute Gasteiger partial charge is 0.399 e. The van der Waals surface area contributed by atoms with Gasteiger partial charge in [0.1, 0.15) is 5.40 Å². The van der Waals surface area contributed by atoms with E-state index in [1.54, 1.807) is 0 Å². The molecule has 0 radical (unpaired) electrons. The van der Waals surface area contributed by atoms with E-state index in [0.717, 1.165) is 45.7 Å². The van der Waals surface area contributed by atoms with Crippen LogP contribution in [0.25, 0.3) is 10.2 Å². The molecule has 4 N–H and O–H groups in total. The van der Waals surface area contributed by atoms with Crippen molar-refractivity contribution in [1.29, 1.82) is 5.26 Å². The highest BCUT2D eigenvalue weighted by atomic mass is 32.2. The van der Waals surface area contributed by atoms with Crippen molar-refractivity contribution in [2.75, 3.05) is 29.5 Å². The van der Waals surface area contributed by atoms with Crippen LogP contribution in [0.2, 0.25) is 0 Å². The van der Waals surface area contributed by atoms with Crippen molar-refractivity contribution in [2.24, 2.45) is 11.8 Å². The number of thiazole rings is 1. The van der Waals surface area contributed by atoms with E-state index in [-0.39, 0.29) is 0 Å². The van der Waals surface area contributed by atoms with Crippen molar-refractivity contribution in [3.05, 3.63) is 42.0 Å². The number of nitriles is 1. The summed E-state index contributed by atoms with van der Waals surface area (Å²) in [5.74, 6) is 1.35. The highest BCUT2D eigenvalue weighted by Gasteiger charge is 2.11. The molecular weight excluding hydrogens is 410 g/mol. The van der Waals surface area contributed by atoms with Gasteiger partial charge in [-0.15, -0.1) is 0 Å². The lowest BCUT2D eigenvalue weighted by Gasteiger charge is -2.29. The minimum Gasteiger partial charge on any atom is -0.399 e. The number of hydrogen-bond acceptors (Lipinski definition) is 7. The van der Waals surface area contributed by atoms with Crippen molar-refractivity contribution in [1.82, 2.24) is 4.98 Å². The molecule has 3 rings (SSSR count). The minimum atomic E-state index is 0.564. The first-order valence-corrected chi connectivity index (χ1v) is 11.7. The van der Waals surface area contributed by atoms with Gasteiger partial charge in [-0.2, -0.15) is 5.26 Å². The molecule has 1 aromatic heterocycles. The van der Waals surface area contributed by atoms with Crippen LogP contribution in [-0.4, -0.2) is 18.1 Å². The number of rotatable bonds is 6. The molecule has 0 unspecified atom stereocenters. The van der Waals surface area contributed by atoms with Crippen molar-refractivity contribution >= 4 is 49.8 Å². The van der Waals surface area contributed by atoms with Crippen LogP contribution in [0, 0.1) is 29.4 Å². The lowest BCUT2D eigenvalue weighted by molar-refractivity contribution is 0.552. The Labute approximate surface area is 188 Å². The summed E-state index contributed by atoms with van der Waals surface area (Å²) in [5, 5.41) is 11.1. The van der Waals surface area contributed by atoms with E-state index in [1.165, 1.54) is 22.6 Å². The van der Waals surface area contributed by atoms with Gasteiger partial charge >= 0.3 is 0 Å². The van der Waals surface area contributed by atoms with Crippen LogP contribution in [0.4, 0.5) is 16.5 Å². The van der Waals surface area contributed by atoms with E-state index in [9.17, 15) is 0 Å². The first-order chi connectivity index (χ1) is 14.2. The van der Waals surface area contributed by atoms with E-state index < -0.39 is 0 Å². The van der Waals surface area contributed by atoms with Gasteiger partial charge in [0.25, 0.3) is 0 Å². The van der Waals surface area contributed by atoms with Crippen LogP contribution in [0.5, 0.6) is 0 Å². The molecule has 160 valence electrons. The number of aryl methyl sites for hydroxylation is 1. The Kier molecular flexibility index (Phi) is 8.82. The molecule has 0 saturated heterocycles. The van der Waals surface area contributed by atoms with Crippen molar-refractivity contribution in [3.63, 3.8) is 0 Å².